The van der Waals surface area contributed by atoms with Crippen molar-refractivity contribution in [1.29, 1.82) is 0 Å². The highest BCUT2D eigenvalue weighted by molar-refractivity contribution is 9.10. The Kier molecular flexibility index (Phi) is 5.06. The molecule has 2 N–H and O–H groups in total. The zero-order valence-corrected chi connectivity index (χ0v) is 11.8. The van der Waals surface area contributed by atoms with Gasteiger partial charge in [-0.2, -0.15) is 0 Å². The van der Waals surface area contributed by atoms with E-state index in [4.69, 9.17) is 5.73 Å². The molecule has 1 aromatic rings. The van der Waals surface area contributed by atoms with Crippen LogP contribution in [-0.2, 0) is 0 Å². The third kappa shape index (κ3) is 2.88. The first-order valence-corrected chi connectivity index (χ1v) is 6.56. The van der Waals surface area contributed by atoms with E-state index in [-0.39, 0.29) is 0 Å². The summed E-state index contributed by atoms with van der Waals surface area (Å²) < 4.78 is 1.02. The van der Waals surface area contributed by atoms with Gasteiger partial charge in [0.1, 0.15) is 5.82 Å². The van der Waals surface area contributed by atoms with Gasteiger partial charge in [-0.1, -0.05) is 13.8 Å². The topological polar surface area (TPSA) is 42.2 Å². The second-order valence-corrected chi connectivity index (χ2v) is 4.76. The van der Waals surface area contributed by atoms with Gasteiger partial charge in [0.25, 0.3) is 0 Å². The van der Waals surface area contributed by atoms with Gasteiger partial charge in [0, 0.05) is 13.1 Å². The molecule has 0 aliphatic rings. The van der Waals surface area contributed by atoms with Crippen molar-refractivity contribution < 1.29 is 0 Å². The van der Waals surface area contributed by atoms with Crippen LogP contribution in [-0.4, -0.2) is 18.1 Å². The fourth-order valence-corrected chi connectivity index (χ4v) is 2.24. The number of pyridine rings is 1. The van der Waals surface area contributed by atoms with E-state index in [1.54, 1.807) is 6.20 Å². The molecule has 0 saturated carbocycles. The summed E-state index contributed by atoms with van der Waals surface area (Å²) in [4.78, 5) is 6.73. The second kappa shape index (κ2) is 6.09. The molecule has 0 aliphatic heterocycles. The zero-order chi connectivity index (χ0) is 12.1. The molecule has 0 fully saturated rings. The van der Waals surface area contributed by atoms with Crippen molar-refractivity contribution in [3.63, 3.8) is 0 Å². The van der Waals surface area contributed by atoms with Crippen molar-refractivity contribution in [3.8, 4) is 0 Å². The molecule has 0 radical (unpaired) electrons. The predicted octanol–water partition coefficient (Wildman–Crippen LogP) is 3.36. The lowest BCUT2D eigenvalue weighted by Crippen LogP contribution is -2.26. The van der Waals surface area contributed by atoms with Crippen molar-refractivity contribution in [2.24, 2.45) is 0 Å². The molecular weight excluding hydrogens is 266 g/mol. The molecule has 1 rings (SSSR count). The number of nitrogens with zero attached hydrogens (tertiary/aromatic N) is 2. The highest BCUT2D eigenvalue weighted by Gasteiger charge is 2.13. The first-order chi connectivity index (χ1) is 7.61. The summed E-state index contributed by atoms with van der Waals surface area (Å²) in [5.74, 6) is 1.01. The molecule has 16 heavy (non-hydrogen) atoms. The minimum absolute atomic E-state index is 0.739. The highest BCUT2D eigenvalue weighted by atomic mass is 79.9. The maximum absolute atomic E-state index is 5.83. The average Bonchev–Trinajstić information content (AvgIpc) is 2.26. The third-order valence-electron chi connectivity index (χ3n) is 2.57. The SMILES string of the molecule is CCCN(CCC)c1ncc(N)c(C)c1Br. The van der Waals surface area contributed by atoms with E-state index < -0.39 is 0 Å². The summed E-state index contributed by atoms with van der Waals surface area (Å²) in [6.45, 7) is 8.44. The van der Waals surface area contributed by atoms with Gasteiger partial charge in [-0.05, 0) is 41.3 Å². The van der Waals surface area contributed by atoms with E-state index in [1.807, 2.05) is 6.92 Å². The zero-order valence-electron chi connectivity index (χ0n) is 10.3. The number of nitrogen functional groups attached to an aromatic ring is 1. The predicted molar refractivity (Wildman–Crippen MR) is 73.9 cm³/mol. The number of hydrogen-bond acceptors (Lipinski definition) is 3. The Morgan fingerprint density at radius 1 is 1.31 bits per heavy atom. The molecule has 4 heteroatoms. The maximum Gasteiger partial charge on any atom is 0.143 e. The molecular formula is C12H20BrN3. The van der Waals surface area contributed by atoms with Crippen molar-refractivity contribution >= 4 is 27.4 Å². The van der Waals surface area contributed by atoms with E-state index in [0.717, 1.165) is 47.5 Å². The standard InChI is InChI=1S/C12H20BrN3/c1-4-6-16(7-5-2)12-11(13)9(3)10(14)8-15-12/h8H,4-7,14H2,1-3H3. The molecule has 0 bridgehead atoms. The van der Waals surface area contributed by atoms with Gasteiger partial charge < -0.3 is 10.6 Å². The van der Waals surface area contributed by atoms with Crippen LogP contribution in [0.4, 0.5) is 11.5 Å². The first-order valence-electron chi connectivity index (χ1n) is 5.77. The Labute approximate surface area is 106 Å². The van der Waals surface area contributed by atoms with Crippen LogP contribution in [0.15, 0.2) is 10.7 Å². The Bertz CT molecular complexity index is 346. The summed E-state index contributed by atoms with van der Waals surface area (Å²) in [5.41, 5.74) is 7.64. The summed E-state index contributed by atoms with van der Waals surface area (Å²) in [7, 11) is 0. The second-order valence-electron chi connectivity index (χ2n) is 3.96. The molecule has 0 saturated heterocycles. The quantitative estimate of drug-likeness (QED) is 0.902. The average molecular weight is 286 g/mol. The van der Waals surface area contributed by atoms with Crippen molar-refractivity contribution in [1.82, 2.24) is 4.98 Å². The number of hydrogen-bond donors (Lipinski definition) is 1. The monoisotopic (exact) mass is 285 g/mol. The summed E-state index contributed by atoms with van der Waals surface area (Å²) >= 11 is 3.59. The summed E-state index contributed by atoms with van der Waals surface area (Å²) in [6.07, 6.45) is 3.99. The maximum atomic E-state index is 5.83. The Morgan fingerprint density at radius 3 is 2.38 bits per heavy atom. The first kappa shape index (κ1) is 13.3. The number of halogens is 1. The lowest BCUT2D eigenvalue weighted by molar-refractivity contribution is 0.732. The molecule has 0 spiro atoms. The molecule has 1 aromatic heterocycles. The van der Waals surface area contributed by atoms with Gasteiger partial charge >= 0.3 is 0 Å². The number of aromatic nitrogens is 1. The van der Waals surface area contributed by atoms with Gasteiger partial charge in [-0.15, -0.1) is 0 Å². The van der Waals surface area contributed by atoms with E-state index >= 15 is 0 Å². The fraction of sp³-hybridized carbons (Fsp3) is 0.583. The number of rotatable bonds is 5. The molecule has 0 amide bonds. The largest absolute Gasteiger partial charge is 0.397 e. The highest BCUT2D eigenvalue weighted by Crippen LogP contribution is 2.30. The van der Waals surface area contributed by atoms with E-state index in [9.17, 15) is 0 Å². The summed E-state index contributed by atoms with van der Waals surface area (Å²) in [5, 5.41) is 0. The Hall–Kier alpha value is -0.770. The van der Waals surface area contributed by atoms with Crippen LogP contribution in [0.1, 0.15) is 32.3 Å². The van der Waals surface area contributed by atoms with Crippen LogP contribution in [0.5, 0.6) is 0 Å². The van der Waals surface area contributed by atoms with E-state index in [2.05, 4.69) is 39.7 Å². The Morgan fingerprint density at radius 2 is 1.88 bits per heavy atom. The molecule has 0 aromatic carbocycles. The fourth-order valence-electron chi connectivity index (χ4n) is 1.66. The van der Waals surface area contributed by atoms with Crippen molar-refractivity contribution in [3.05, 3.63) is 16.2 Å². The minimum Gasteiger partial charge on any atom is -0.397 e. The van der Waals surface area contributed by atoms with Crippen LogP contribution in [0, 0.1) is 6.92 Å². The normalized spacial score (nSPS) is 10.5. The summed E-state index contributed by atoms with van der Waals surface area (Å²) in [6, 6.07) is 0. The lowest BCUT2D eigenvalue weighted by atomic mass is 10.2. The smallest absolute Gasteiger partial charge is 0.143 e. The van der Waals surface area contributed by atoms with Crippen molar-refractivity contribution in [2.45, 2.75) is 33.6 Å². The van der Waals surface area contributed by atoms with Crippen LogP contribution < -0.4 is 10.6 Å². The molecule has 1 heterocycles. The minimum atomic E-state index is 0.739. The molecule has 0 aliphatic carbocycles. The third-order valence-corrected chi connectivity index (χ3v) is 3.52. The molecule has 3 nitrogen and oxygen atoms in total. The molecule has 0 atom stereocenters. The number of anilines is 2. The van der Waals surface area contributed by atoms with E-state index in [1.165, 1.54) is 0 Å². The molecule has 90 valence electrons. The van der Waals surface area contributed by atoms with Gasteiger partial charge in [0.05, 0.1) is 16.4 Å². The van der Waals surface area contributed by atoms with Crippen LogP contribution in [0.3, 0.4) is 0 Å². The number of nitrogens with two attached hydrogens (primary N) is 1. The van der Waals surface area contributed by atoms with Gasteiger partial charge in [0.15, 0.2) is 0 Å². The van der Waals surface area contributed by atoms with Crippen LogP contribution in [0.25, 0.3) is 0 Å². The van der Waals surface area contributed by atoms with Crippen LogP contribution in [0.2, 0.25) is 0 Å². The van der Waals surface area contributed by atoms with Crippen molar-refractivity contribution in [2.75, 3.05) is 23.7 Å². The van der Waals surface area contributed by atoms with Gasteiger partial charge in [-0.25, -0.2) is 4.98 Å². The Balaban J connectivity index is 3.04. The van der Waals surface area contributed by atoms with E-state index in [0.29, 0.717) is 0 Å². The lowest BCUT2D eigenvalue weighted by Gasteiger charge is -2.24. The molecule has 0 unspecified atom stereocenters. The van der Waals surface area contributed by atoms with Gasteiger partial charge in [-0.3, -0.25) is 0 Å². The van der Waals surface area contributed by atoms with Gasteiger partial charge in [0.2, 0.25) is 0 Å². The van der Waals surface area contributed by atoms with Crippen LogP contribution >= 0.6 is 15.9 Å².